The molecule has 0 saturated heterocycles. The molecule has 78 valence electrons. The van der Waals surface area contributed by atoms with Gasteiger partial charge in [-0.3, -0.25) is 0 Å². The first-order valence-electron chi connectivity index (χ1n) is 5.44. The number of aromatic nitrogens is 1. The second-order valence-electron chi connectivity index (χ2n) is 3.98. The predicted octanol–water partition coefficient (Wildman–Crippen LogP) is 2.65. The molecule has 0 bridgehead atoms. The van der Waals surface area contributed by atoms with E-state index >= 15 is 0 Å². The highest BCUT2D eigenvalue weighted by atomic mass is 15.0. The van der Waals surface area contributed by atoms with Crippen molar-refractivity contribution in [2.45, 2.75) is 31.6 Å². The fraction of sp³-hybridized carbons (Fsp3) is 0.500. The Bertz CT molecular complexity index is 386. The lowest BCUT2D eigenvalue weighted by molar-refractivity contribution is 0.698. The van der Waals surface area contributed by atoms with Gasteiger partial charge < -0.3 is 5.32 Å². The largest absolute Gasteiger partial charge is 0.372 e. The van der Waals surface area contributed by atoms with Crippen LogP contribution in [0.25, 0.3) is 0 Å². The zero-order valence-electron chi connectivity index (χ0n) is 8.95. The van der Waals surface area contributed by atoms with Crippen molar-refractivity contribution in [2.24, 2.45) is 0 Å². The normalized spacial score (nSPS) is 16.3. The van der Waals surface area contributed by atoms with E-state index in [9.17, 15) is 0 Å². The van der Waals surface area contributed by atoms with Crippen molar-refractivity contribution in [3.8, 4) is 6.07 Å². The third-order valence-electron chi connectivity index (χ3n) is 3.05. The molecule has 0 amide bonds. The van der Waals surface area contributed by atoms with Gasteiger partial charge in [-0.1, -0.05) is 12.8 Å². The van der Waals surface area contributed by atoms with Gasteiger partial charge in [0.05, 0.1) is 5.56 Å². The van der Waals surface area contributed by atoms with Gasteiger partial charge in [0.2, 0.25) is 0 Å². The molecule has 2 rings (SSSR count). The van der Waals surface area contributed by atoms with Crippen LogP contribution in [-0.2, 0) is 0 Å². The van der Waals surface area contributed by atoms with Crippen LogP contribution in [0.2, 0.25) is 0 Å². The number of nitriles is 1. The van der Waals surface area contributed by atoms with E-state index in [0.717, 1.165) is 5.69 Å². The Morgan fingerprint density at radius 3 is 2.73 bits per heavy atom. The predicted molar refractivity (Wildman–Crippen MR) is 59.7 cm³/mol. The second kappa shape index (κ2) is 4.31. The smallest absolute Gasteiger partial charge is 0.143 e. The molecule has 1 aromatic heterocycles. The van der Waals surface area contributed by atoms with Crippen LogP contribution in [0.4, 0.5) is 5.82 Å². The van der Waals surface area contributed by atoms with Crippen molar-refractivity contribution in [3.63, 3.8) is 0 Å². The molecule has 1 heterocycles. The quantitative estimate of drug-likeness (QED) is 0.800. The number of nitrogens with one attached hydrogen (secondary N) is 1. The fourth-order valence-corrected chi connectivity index (χ4v) is 2.20. The Balaban J connectivity index is 2.30. The number of nitrogens with zero attached hydrogens (tertiary/aromatic N) is 2. The van der Waals surface area contributed by atoms with E-state index in [-0.39, 0.29) is 0 Å². The van der Waals surface area contributed by atoms with Gasteiger partial charge in [-0.25, -0.2) is 4.98 Å². The van der Waals surface area contributed by atoms with Crippen molar-refractivity contribution < 1.29 is 0 Å². The Morgan fingerprint density at radius 2 is 2.13 bits per heavy atom. The summed E-state index contributed by atoms with van der Waals surface area (Å²) in [6, 6.07) is 6.00. The van der Waals surface area contributed by atoms with Crippen LogP contribution in [0.3, 0.4) is 0 Å². The molecular weight excluding hydrogens is 186 g/mol. The zero-order chi connectivity index (χ0) is 10.7. The molecule has 0 atom stereocenters. The summed E-state index contributed by atoms with van der Waals surface area (Å²) < 4.78 is 0. The second-order valence-corrected chi connectivity index (χ2v) is 3.98. The third kappa shape index (κ3) is 1.94. The van der Waals surface area contributed by atoms with Crippen molar-refractivity contribution in [1.29, 1.82) is 5.26 Å². The summed E-state index contributed by atoms with van der Waals surface area (Å²) in [5.74, 6) is 1.31. The van der Waals surface area contributed by atoms with Crippen LogP contribution < -0.4 is 5.32 Å². The van der Waals surface area contributed by atoms with Gasteiger partial charge >= 0.3 is 0 Å². The number of pyridine rings is 1. The number of rotatable bonds is 2. The maximum atomic E-state index is 8.88. The molecule has 0 spiro atoms. The summed E-state index contributed by atoms with van der Waals surface area (Å²) in [7, 11) is 1.81. The Morgan fingerprint density at radius 1 is 1.40 bits per heavy atom. The summed E-state index contributed by atoms with van der Waals surface area (Å²) in [5, 5.41) is 11.9. The summed E-state index contributed by atoms with van der Waals surface area (Å²) >= 11 is 0. The first-order valence-corrected chi connectivity index (χ1v) is 5.44. The van der Waals surface area contributed by atoms with Gasteiger partial charge in [0.25, 0.3) is 0 Å². The highest BCUT2D eigenvalue weighted by Crippen LogP contribution is 2.33. The minimum absolute atomic E-state index is 0.602. The van der Waals surface area contributed by atoms with E-state index < -0.39 is 0 Å². The summed E-state index contributed by atoms with van der Waals surface area (Å²) in [6.45, 7) is 0. The van der Waals surface area contributed by atoms with Gasteiger partial charge in [0.15, 0.2) is 0 Å². The van der Waals surface area contributed by atoms with E-state index in [2.05, 4.69) is 16.4 Å². The summed E-state index contributed by atoms with van der Waals surface area (Å²) in [5.41, 5.74) is 1.76. The van der Waals surface area contributed by atoms with Gasteiger partial charge in [-0.2, -0.15) is 5.26 Å². The highest BCUT2D eigenvalue weighted by Gasteiger charge is 2.19. The standard InChI is InChI=1S/C12H15N3/c1-14-12-10(8-13)6-7-11(15-12)9-4-2-3-5-9/h6-7,9H,2-5H2,1H3,(H,14,15). The molecule has 0 aliphatic heterocycles. The van der Waals surface area contributed by atoms with E-state index in [4.69, 9.17) is 5.26 Å². The first-order chi connectivity index (χ1) is 7.35. The van der Waals surface area contributed by atoms with Gasteiger partial charge in [-0.05, 0) is 25.0 Å². The van der Waals surface area contributed by atoms with Crippen LogP contribution in [0.5, 0.6) is 0 Å². The molecule has 1 N–H and O–H groups in total. The molecule has 1 aromatic rings. The van der Waals surface area contributed by atoms with E-state index in [1.807, 2.05) is 19.2 Å². The molecule has 3 heteroatoms. The van der Waals surface area contributed by atoms with Crippen LogP contribution in [0, 0.1) is 11.3 Å². The van der Waals surface area contributed by atoms with Crippen molar-refractivity contribution in [1.82, 2.24) is 4.98 Å². The van der Waals surface area contributed by atoms with Gasteiger partial charge in [0, 0.05) is 18.7 Å². The van der Waals surface area contributed by atoms with Gasteiger partial charge in [0.1, 0.15) is 11.9 Å². The fourth-order valence-electron chi connectivity index (χ4n) is 2.20. The molecule has 0 radical (unpaired) electrons. The number of hydrogen-bond acceptors (Lipinski definition) is 3. The zero-order valence-corrected chi connectivity index (χ0v) is 8.95. The van der Waals surface area contributed by atoms with Crippen molar-refractivity contribution >= 4 is 5.82 Å². The Kier molecular flexibility index (Phi) is 2.86. The monoisotopic (exact) mass is 201 g/mol. The molecule has 1 aliphatic rings. The molecule has 1 fully saturated rings. The molecule has 0 unspecified atom stereocenters. The van der Waals surface area contributed by atoms with E-state index in [1.54, 1.807) is 0 Å². The minimum Gasteiger partial charge on any atom is -0.372 e. The Labute approximate surface area is 90.1 Å². The highest BCUT2D eigenvalue weighted by molar-refractivity contribution is 5.52. The minimum atomic E-state index is 0.602. The first kappa shape index (κ1) is 9.97. The molecular formula is C12H15N3. The SMILES string of the molecule is CNc1nc(C2CCCC2)ccc1C#N. The third-order valence-corrected chi connectivity index (χ3v) is 3.05. The maximum absolute atomic E-state index is 8.88. The van der Waals surface area contributed by atoms with Crippen LogP contribution >= 0.6 is 0 Å². The van der Waals surface area contributed by atoms with Crippen molar-refractivity contribution in [2.75, 3.05) is 12.4 Å². The van der Waals surface area contributed by atoms with E-state index in [1.165, 1.54) is 25.7 Å². The molecule has 0 aromatic carbocycles. The average Bonchev–Trinajstić information content (AvgIpc) is 2.81. The molecule has 1 saturated carbocycles. The van der Waals surface area contributed by atoms with Gasteiger partial charge in [-0.15, -0.1) is 0 Å². The lowest BCUT2D eigenvalue weighted by Gasteiger charge is -2.10. The summed E-state index contributed by atoms with van der Waals surface area (Å²) in [4.78, 5) is 4.51. The summed E-state index contributed by atoms with van der Waals surface area (Å²) in [6.07, 6.45) is 5.09. The van der Waals surface area contributed by atoms with E-state index in [0.29, 0.717) is 17.3 Å². The number of anilines is 1. The van der Waals surface area contributed by atoms with Crippen LogP contribution in [0.15, 0.2) is 12.1 Å². The molecule has 1 aliphatic carbocycles. The van der Waals surface area contributed by atoms with Crippen LogP contribution in [-0.4, -0.2) is 12.0 Å². The van der Waals surface area contributed by atoms with Crippen LogP contribution in [0.1, 0.15) is 42.9 Å². The number of hydrogen-bond donors (Lipinski definition) is 1. The molecule has 15 heavy (non-hydrogen) atoms. The lowest BCUT2D eigenvalue weighted by atomic mass is 10.0. The molecule has 3 nitrogen and oxygen atoms in total. The van der Waals surface area contributed by atoms with Crippen molar-refractivity contribution in [3.05, 3.63) is 23.4 Å². The Hall–Kier alpha value is -1.56. The lowest BCUT2D eigenvalue weighted by Crippen LogP contribution is -2.02. The maximum Gasteiger partial charge on any atom is 0.143 e. The average molecular weight is 201 g/mol. The topological polar surface area (TPSA) is 48.7 Å².